The Balaban J connectivity index is 2.31. The van der Waals surface area contributed by atoms with Crippen molar-refractivity contribution >= 4 is 23.4 Å². The van der Waals surface area contributed by atoms with Crippen LogP contribution in [0.4, 0.5) is 4.39 Å². The fraction of sp³-hybridized carbons (Fsp3) is 0.429. The van der Waals surface area contributed by atoms with E-state index in [0.717, 1.165) is 0 Å². The number of nitrogens with one attached hydrogen (secondary N) is 1. The van der Waals surface area contributed by atoms with E-state index in [-0.39, 0.29) is 16.5 Å². The fourth-order valence-corrected chi connectivity index (χ4v) is 2.50. The number of carbonyl (C=O) groups is 2. The number of piperazine rings is 1. The zero-order valence-electron chi connectivity index (χ0n) is 11.9. The van der Waals surface area contributed by atoms with Gasteiger partial charge in [-0.15, -0.1) is 0 Å². The third-order valence-corrected chi connectivity index (χ3v) is 3.80. The van der Waals surface area contributed by atoms with Crippen molar-refractivity contribution in [2.45, 2.75) is 6.04 Å². The number of halogens is 2. The smallest absolute Gasteiger partial charge is 0.256 e. The van der Waals surface area contributed by atoms with Crippen LogP contribution in [0.25, 0.3) is 0 Å². The highest BCUT2D eigenvalue weighted by Crippen LogP contribution is 2.22. The van der Waals surface area contributed by atoms with Crippen molar-refractivity contribution in [1.82, 2.24) is 15.1 Å². The molecule has 1 heterocycles. The highest BCUT2D eigenvalue weighted by molar-refractivity contribution is 6.34. The summed E-state index contributed by atoms with van der Waals surface area (Å²) >= 11 is 5.86. The molecular weight excluding hydrogens is 297 g/mol. The molecule has 0 spiro atoms. The number of hydrogen-bond acceptors (Lipinski definition) is 3. The molecular formula is C14H17ClFN3O2. The predicted octanol–water partition coefficient (Wildman–Crippen LogP) is 0.981. The Morgan fingerprint density at radius 1 is 1.43 bits per heavy atom. The molecule has 7 heteroatoms. The van der Waals surface area contributed by atoms with Gasteiger partial charge in [-0.1, -0.05) is 17.7 Å². The quantitative estimate of drug-likeness (QED) is 0.885. The lowest BCUT2D eigenvalue weighted by Gasteiger charge is -2.36. The fourth-order valence-electron chi connectivity index (χ4n) is 2.29. The van der Waals surface area contributed by atoms with Crippen LogP contribution in [0.3, 0.4) is 0 Å². The van der Waals surface area contributed by atoms with Crippen molar-refractivity contribution < 1.29 is 14.0 Å². The van der Waals surface area contributed by atoms with E-state index in [4.69, 9.17) is 11.6 Å². The molecule has 1 aliphatic heterocycles. The Kier molecular flexibility index (Phi) is 4.80. The number of likely N-dealkylation sites (N-methyl/N-ethyl adjacent to an activating group) is 1. The minimum Gasteiger partial charge on any atom is -0.347 e. The molecule has 1 aromatic carbocycles. The van der Waals surface area contributed by atoms with E-state index in [9.17, 15) is 14.0 Å². The normalized spacial score (nSPS) is 18.5. The molecule has 1 aliphatic rings. The van der Waals surface area contributed by atoms with Crippen molar-refractivity contribution in [2.24, 2.45) is 0 Å². The summed E-state index contributed by atoms with van der Waals surface area (Å²) in [6.07, 6.45) is 0. The Bertz CT molecular complexity index is 565. The second-order valence-corrected chi connectivity index (χ2v) is 5.43. The summed E-state index contributed by atoms with van der Waals surface area (Å²) in [6, 6.07) is 3.48. The van der Waals surface area contributed by atoms with E-state index in [1.165, 1.54) is 28.0 Å². The summed E-state index contributed by atoms with van der Waals surface area (Å²) in [7, 11) is 3.27. The van der Waals surface area contributed by atoms with Crippen LogP contribution in [0.15, 0.2) is 18.2 Å². The van der Waals surface area contributed by atoms with Gasteiger partial charge in [-0.25, -0.2) is 4.39 Å². The molecule has 5 nitrogen and oxygen atoms in total. The summed E-state index contributed by atoms with van der Waals surface area (Å²) in [5, 5.41) is 2.87. The van der Waals surface area contributed by atoms with Crippen molar-refractivity contribution in [3.63, 3.8) is 0 Å². The van der Waals surface area contributed by atoms with Crippen molar-refractivity contribution in [3.05, 3.63) is 34.6 Å². The lowest BCUT2D eigenvalue weighted by atomic mass is 10.1. The second kappa shape index (κ2) is 6.41. The van der Waals surface area contributed by atoms with Crippen LogP contribution < -0.4 is 5.32 Å². The van der Waals surface area contributed by atoms with E-state index in [0.29, 0.717) is 19.6 Å². The molecule has 2 rings (SSSR count). The van der Waals surface area contributed by atoms with Crippen LogP contribution in [-0.2, 0) is 4.79 Å². The molecule has 1 fully saturated rings. The molecule has 1 aromatic rings. The van der Waals surface area contributed by atoms with Gasteiger partial charge >= 0.3 is 0 Å². The topological polar surface area (TPSA) is 52.7 Å². The van der Waals surface area contributed by atoms with Crippen molar-refractivity contribution in [3.8, 4) is 0 Å². The minimum absolute atomic E-state index is 0.0788. The maximum absolute atomic E-state index is 13.5. The van der Waals surface area contributed by atoms with Gasteiger partial charge in [-0.2, -0.15) is 0 Å². The average molecular weight is 314 g/mol. The van der Waals surface area contributed by atoms with Crippen molar-refractivity contribution in [2.75, 3.05) is 33.7 Å². The van der Waals surface area contributed by atoms with Gasteiger partial charge in [-0.3, -0.25) is 9.59 Å². The molecule has 0 bridgehead atoms. The lowest BCUT2D eigenvalue weighted by molar-refractivity contribution is -0.134. The zero-order chi connectivity index (χ0) is 15.6. The van der Waals surface area contributed by atoms with E-state index < -0.39 is 17.8 Å². The van der Waals surface area contributed by atoms with Crippen LogP contribution >= 0.6 is 11.6 Å². The molecule has 1 saturated heterocycles. The van der Waals surface area contributed by atoms with Gasteiger partial charge in [0.15, 0.2) is 0 Å². The van der Waals surface area contributed by atoms with Crippen LogP contribution in [0.2, 0.25) is 5.02 Å². The number of carbonyl (C=O) groups excluding carboxylic acids is 2. The summed E-state index contributed by atoms with van der Waals surface area (Å²) < 4.78 is 13.5. The summed E-state index contributed by atoms with van der Waals surface area (Å²) in [6.45, 7) is 1.32. The number of nitrogens with zero attached hydrogens (tertiary/aromatic N) is 2. The Morgan fingerprint density at radius 3 is 2.81 bits per heavy atom. The lowest BCUT2D eigenvalue weighted by Crippen LogP contribution is -2.59. The Morgan fingerprint density at radius 2 is 2.14 bits per heavy atom. The van der Waals surface area contributed by atoms with E-state index >= 15 is 0 Å². The highest BCUT2D eigenvalue weighted by atomic mass is 35.5. The van der Waals surface area contributed by atoms with Gasteiger partial charge in [-0.05, 0) is 12.1 Å². The van der Waals surface area contributed by atoms with Crippen LogP contribution in [0.5, 0.6) is 0 Å². The monoisotopic (exact) mass is 313 g/mol. The predicted molar refractivity (Wildman–Crippen MR) is 77.8 cm³/mol. The third kappa shape index (κ3) is 3.16. The second-order valence-electron chi connectivity index (χ2n) is 5.05. The minimum atomic E-state index is -0.645. The van der Waals surface area contributed by atoms with E-state index in [1.54, 1.807) is 14.1 Å². The van der Waals surface area contributed by atoms with Gasteiger partial charge in [0, 0.05) is 33.7 Å². The molecule has 1 N–H and O–H groups in total. The number of hydrogen-bond donors (Lipinski definition) is 1. The Hall–Kier alpha value is -1.66. The molecule has 1 atom stereocenters. The molecule has 114 valence electrons. The van der Waals surface area contributed by atoms with Crippen LogP contribution in [0, 0.1) is 5.82 Å². The van der Waals surface area contributed by atoms with Gasteiger partial charge in [0.1, 0.15) is 11.9 Å². The SMILES string of the molecule is CN(C)C(=O)C1CNCCN1C(=O)c1cccc(F)c1Cl. The maximum atomic E-state index is 13.5. The van der Waals surface area contributed by atoms with Crippen LogP contribution in [0.1, 0.15) is 10.4 Å². The molecule has 1 unspecified atom stereocenters. The first kappa shape index (κ1) is 15.7. The summed E-state index contributed by atoms with van der Waals surface area (Å²) in [5.41, 5.74) is 0.0788. The molecule has 2 amide bonds. The summed E-state index contributed by atoms with van der Waals surface area (Å²) in [4.78, 5) is 27.6. The molecule has 0 aliphatic carbocycles. The Labute approximate surface area is 127 Å². The van der Waals surface area contributed by atoms with Crippen molar-refractivity contribution in [1.29, 1.82) is 0 Å². The largest absolute Gasteiger partial charge is 0.347 e. The molecule has 0 aromatic heterocycles. The molecule has 0 saturated carbocycles. The van der Waals surface area contributed by atoms with E-state index in [2.05, 4.69) is 5.32 Å². The first-order valence-electron chi connectivity index (χ1n) is 6.60. The number of amides is 2. The first-order valence-corrected chi connectivity index (χ1v) is 6.98. The zero-order valence-corrected chi connectivity index (χ0v) is 12.7. The number of rotatable bonds is 2. The van der Waals surface area contributed by atoms with Gasteiger partial charge in [0.05, 0.1) is 10.6 Å². The standard InChI is InChI=1S/C14H17ClFN3O2/c1-18(2)14(21)11-8-17-6-7-19(11)13(20)9-4-3-5-10(16)12(9)15/h3-5,11,17H,6-8H2,1-2H3. The first-order chi connectivity index (χ1) is 9.93. The van der Waals surface area contributed by atoms with Gasteiger partial charge in [0.2, 0.25) is 5.91 Å². The molecule has 0 radical (unpaired) electrons. The van der Waals surface area contributed by atoms with E-state index in [1.807, 2.05) is 0 Å². The maximum Gasteiger partial charge on any atom is 0.256 e. The van der Waals surface area contributed by atoms with Gasteiger partial charge < -0.3 is 15.1 Å². The van der Waals surface area contributed by atoms with Crippen LogP contribution in [-0.4, -0.2) is 61.4 Å². The summed E-state index contributed by atoms with van der Waals surface area (Å²) in [5.74, 6) is -1.25. The highest BCUT2D eigenvalue weighted by Gasteiger charge is 2.34. The third-order valence-electron chi connectivity index (χ3n) is 3.41. The average Bonchev–Trinajstić information content (AvgIpc) is 2.48. The number of benzene rings is 1. The van der Waals surface area contributed by atoms with Gasteiger partial charge in [0.25, 0.3) is 5.91 Å². The molecule has 21 heavy (non-hydrogen) atoms.